The van der Waals surface area contributed by atoms with Crippen molar-refractivity contribution in [1.29, 1.82) is 0 Å². The van der Waals surface area contributed by atoms with Crippen molar-refractivity contribution < 1.29 is 23.1 Å². The minimum Gasteiger partial charge on any atom is -0.482 e. The zero-order chi connectivity index (χ0) is 24.9. The number of hydrogen-bond acceptors (Lipinski definition) is 5. The van der Waals surface area contributed by atoms with Crippen LogP contribution in [0.2, 0.25) is 5.02 Å². The number of ether oxygens (including phenoxy) is 1. The first kappa shape index (κ1) is 24.8. The Morgan fingerprint density at radius 3 is 2.60 bits per heavy atom. The lowest BCUT2D eigenvalue weighted by atomic mass is 10.1. The summed E-state index contributed by atoms with van der Waals surface area (Å²) in [5.41, 5.74) is 1.37. The normalized spacial score (nSPS) is 18.3. The van der Waals surface area contributed by atoms with Crippen molar-refractivity contribution in [1.82, 2.24) is 9.80 Å². The van der Waals surface area contributed by atoms with Gasteiger partial charge in [-0.25, -0.2) is 4.39 Å². The van der Waals surface area contributed by atoms with Crippen LogP contribution in [0.1, 0.15) is 30.0 Å². The van der Waals surface area contributed by atoms with Crippen LogP contribution in [0.4, 0.5) is 10.1 Å². The molecule has 2 aromatic carbocycles. The average molecular weight is 500 g/mol. The number of carbonyl (C=O) groups excluding carboxylic acids is 2. The highest BCUT2D eigenvalue weighted by Gasteiger charge is 2.32. The van der Waals surface area contributed by atoms with E-state index in [1.165, 1.54) is 18.4 Å². The number of hydrogen-bond donors (Lipinski definition) is 1. The SMILES string of the molecule is C[C@@H]1CN(Cc2ccc(F)cc2)[C@@H](C)CN1C(=O)COc1ccc(Cl)cc1NC(=O)c1ccco1. The van der Waals surface area contributed by atoms with Crippen LogP contribution in [0.15, 0.2) is 65.3 Å². The van der Waals surface area contributed by atoms with Gasteiger partial charge in [-0.05, 0) is 61.9 Å². The van der Waals surface area contributed by atoms with Crippen LogP contribution < -0.4 is 10.1 Å². The van der Waals surface area contributed by atoms with Gasteiger partial charge < -0.3 is 19.4 Å². The highest BCUT2D eigenvalue weighted by molar-refractivity contribution is 6.31. The highest BCUT2D eigenvalue weighted by atomic mass is 35.5. The fourth-order valence-corrected chi connectivity index (χ4v) is 4.30. The van der Waals surface area contributed by atoms with Gasteiger partial charge in [-0.1, -0.05) is 23.7 Å². The van der Waals surface area contributed by atoms with Gasteiger partial charge in [0, 0.05) is 36.7 Å². The molecule has 1 N–H and O–H groups in total. The van der Waals surface area contributed by atoms with Crippen LogP contribution in [0, 0.1) is 5.82 Å². The number of rotatable bonds is 7. The predicted molar refractivity (Wildman–Crippen MR) is 131 cm³/mol. The molecule has 2 heterocycles. The summed E-state index contributed by atoms with van der Waals surface area (Å²) in [4.78, 5) is 29.5. The second kappa shape index (κ2) is 10.9. The lowest BCUT2D eigenvalue weighted by molar-refractivity contribution is -0.139. The molecule has 1 saturated heterocycles. The molecule has 3 aromatic rings. The monoisotopic (exact) mass is 499 g/mol. The van der Waals surface area contributed by atoms with Crippen LogP contribution >= 0.6 is 11.6 Å². The van der Waals surface area contributed by atoms with Gasteiger partial charge in [-0.3, -0.25) is 14.5 Å². The third-order valence-electron chi connectivity index (χ3n) is 6.02. The number of benzene rings is 2. The summed E-state index contributed by atoms with van der Waals surface area (Å²) in [5.74, 6) is -0.376. The lowest BCUT2D eigenvalue weighted by Gasteiger charge is -2.44. The van der Waals surface area contributed by atoms with E-state index < -0.39 is 5.91 Å². The van der Waals surface area contributed by atoms with Crippen molar-refractivity contribution in [2.45, 2.75) is 32.5 Å². The smallest absolute Gasteiger partial charge is 0.291 e. The second-order valence-corrected chi connectivity index (χ2v) is 9.10. The number of anilines is 1. The molecule has 1 aliphatic rings. The van der Waals surface area contributed by atoms with Gasteiger partial charge in [0.1, 0.15) is 11.6 Å². The molecule has 1 aliphatic heterocycles. The fourth-order valence-electron chi connectivity index (χ4n) is 4.13. The number of nitrogens with zero attached hydrogens (tertiary/aromatic N) is 2. The average Bonchev–Trinajstić information content (AvgIpc) is 3.37. The molecule has 1 aromatic heterocycles. The molecule has 7 nitrogen and oxygen atoms in total. The van der Waals surface area contributed by atoms with E-state index in [1.54, 1.807) is 42.5 Å². The van der Waals surface area contributed by atoms with Crippen LogP contribution in [-0.4, -0.2) is 53.4 Å². The molecule has 2 amide bonds. The van der Waals surface area contributed by atoms with Gasteiger partial charge in [0.05, 0.1) is 12.0 Å². The van der Waals surface area contributed by atoms with E-state index in [1.807, 2.05) is 11.8 Å². The fraction of sp³-hybridized carbons (Fsp3) is 0.308. The molecule has 0 saturated carbocycles. The molecular formula is C26H27ClFN3O4. The largest absolute Gasteiger partial charge is 0.482 e. The number of amides is 2. The van der Waals surface area contributed by atoms with Gasteiger partial charge in [-0.15, -0.1) is 0 Å². The molecule has 35 heavy (non-hydrogen) atoms. The summed E-state index contributed by atoms with van der Waals surface area (Å²) in [7, 11) is 0. The molecule has 0 spiro atoms. The summed E-state index contributed by atoms with van der Waals surface area (Å²) >= 11 is 6.10. The van der Waals surface area contributed by atoms with Crippen molar-refractivity contribution in [3.63, 3.8) is 0 Å². The van der Waals surface area contributed by atoms with Gasteiger partial charge >= 0.3 is 0 Å². The molecule has 1 fully saturated rings. The molecule has 0 unspecified atom stereocenters. The van der Waals surface area contributed by atoms with Crippen molar-refractivity contribution in [2.24, 2.45) is 0 Å². The van der Waals surface area contributed by atoms with Gasteiger partial charge in [-0.2, -0.15) is 0 Å². The highest BCUT2D eigenvalue weighted by Crippen LogP contribution is 2.29. The standard InChI is InChI=1S/C26H27ClFN3O4/c1-17-14-31(18(2)13-30(17)15-19-5-8-21(28)9-6-19)25(32)16-35-23-10-7-20(27)12-22(23)29-26(33)24-4-3-11-34-24/h3-12,17-18H,13-16H2,1-2H3,(H,29,33)/t17-,18+/m0/s1. The molecule has 4 rings (SSSR count). The first-order valence-electron chi connectivity index (χ1n) is 11.4. The maximum absolute atomic E-state index is 13.2. The molecular weight excluding hydrogens is 473 g/mol. The summed E-state index contributed by atoms with van der Waals surface area (Å²) in [5, 5.41) is 3.12. The van der Waals surface area contributed by atoms with Crippen molar-refractivity contribution in [2.75, 3.05) is 25.0 Å². The predicted octanol–water partition coefficient (Wildman–Crippen LogP) is 4.82. The summed E-state index contributed by atoms with van der Waals surface area (Å²) in [6.07, 6.45) is 1.41. The Balaban J connectivity index is 1.36. The van der Waals surface area contributed by atoms with E-state index >= 15 is 0 Å². The Morgan fingerprint density at radius 1 is 1.11 bits per heavy atom. The first-order valence-corrected chi connectivity index (χ1v) is 11.7. The van der Waals surface area contributed by atoms with Gasteiger partial charge in [0.15, 0.2) is 12.4 Å². The minimum atomic E-state index is -0.451. The first-order chi connectivity index (χ1) is 16.8. The molecule has 0 bridgehead atoms. The van der Waals surface area contributed by atoms with Crippen molar-refractivity contribution in [3.05, 3.63) is 83.0 Å². The van der Waals surface area contributed by atoms with E-state index in [9.17, 15) is 14.0 Å². The molecule has 2 atom stereocenters. The molecule has 9 heteroatoms. The summed E-state index contributed by atoms with van der Waals surface area (Å²) in [6.45, 7) is 5.81. The molecule has 0 aliphatic carbocycles. The van der Waals surface area contributed by atoms with Crippen LogP contribution in [-0.2, 0) is 11.3 Å². The maximum atomic E-state index is 13.2. The van der Waals surface area contributed by atoms with Gasteiger partial charge in [0.2, 0.25) is 0 Å². The van der Waals surface area contributed by atoms with E-state index in [0.29, 0.717) is 36.1 Å². The zero-order valence-electron chi connectivity index (χ0n) is 19.5. The number of carbonyl (C=O) groups is 2. The zero-order valence-corrected chi connectivity index (χ0v) is 20.3. The summed E-state index contributed by atoms with van der Waals surface area (Å²) in [6, 6.07) is 14.5. The van der Waals surface area contributed by atoms with Gasteiger partial charge in [0.25, 0.3) is 11.8 Å². The lowest BCUT2D eigenvalue weighted by Crippen LogP contribution is -2.58. The van der Waals surface area contributed by atoms with Crippen LogP contribution in [0.25, 0.3) is 0 Å². The molecule has 184 valence electrons. The number of furan rings is 1. The minimum absolute atomic E-state index is 0.0221. The molecule has 0 radical (unpaired) electrons. The van der Waals surface area contributed by atoms with E-state index in [-0.39, 0.29) is 36.2 Å². The Hall–Kier alpha value is -3.36. The van der Waals surface area contributed by atoms with Crippen LogP contribution in [0.5, 0.6) is 5.75 Å². The summed E-state index contributed by atoms with van der Waals surface area (Å²) < 4.78 is 24.1. The Bertz CT molecular complexity index is 1170. The number of piperazine rings is 1. The quantitative estimate of drug-likeness (QED) is 0.504. The third kappa shape index (κ3) is 6.21. The van der Waals surface area contributed by atoms with E-state index in [0.717, 1.165) is 5.56 Å². The maximum Gasteiger partial charge on any atom is 0.291 e. The second-order valence-electron chi connectivity index (χ2n) is 8.66. The topological polar surface area (TPSA) is 75.0 Å². The number of nitrogens with one attached hydrogen (secondary N) is 1. The third-order valence-corrected chi connectivity index (χ3v) is 6.26. The Kier molecular flexibility index (Phi) is 7.73. The van der Waals surface area contributed by atoms with E-state index in [4.69, 9.17) is 20.8 Å². The van der Waals surface area contributed by atoms with Crippen molar-refractivity contribution >= 4 is 29.1 Å². The Labute approximate surface area is 208 Å². The Morgan fingerprint density at radius 2 is 1.89 bits per heavy atom. The van der Waals surface area contributed by atoms with E-state index in [2.05, 4.69) is 17.1 Å². The van der Waals surface area contributed by atoms with Crippen LogP contribution in [0.3, 0.4) is 0 Å². The van der Waals surface area contributed by atoms with Crippen molar-refractivity contribution in [3.8, 4) is 5.75 Å². The number of halogens is 2.